The third kappa shape index (κ3) is 2.80. The average Bonchev–Trinajstić information content (AvgIpc) is 2.63. The van der Waals surface area contributed by atoms with Crippen molar-refractivity contribution in [2.45, 2.75) is 25.8 Å². The van der Waals surface area contributed by atoms with Crippen LogP contribution in [-0.4, -0.2) is 25.8 Å². The second kappa shape index (κ2) is 4.91. The molecule has 2 nitrogen and oxygen atoms in total. The molecule has 0 radical (unpaired) electrons. The van der Waals surface area contributed by atoms with E-state index in [1.54, 1.807) is 0 Å². The lowest BCUT2D eigenvalue weighted by molar-refractivity contribution is 0.0744. The van der Waals surface area contributed by atoms with Gasteiger partial charge in [-0.15, -0.1) is 11.3 Å². The zero-order chi connectivity index (χ0) is 9.80. The topological polar surface area (TPSA) is 21.3 Å². The molecule has 2 heterocycles. The van der Waals surface area contributed by atoms with E-state index in [0.717, 1.165) is 19.8 Å². The van der Waals surface area contributed by atoms with Crippen LogP contribution >= 0.6 is 11.3 Å². The van der Waals surface area contributed by atoms with Gasteiger partial charge in [0.05, 0.1) is 13.2 Å². The van der Waals surface area contributed by atoms with Crippen molar-refractivity contribution in [2.75, 3.05) is 19.8 Å². The Balaban J connectivity index is 1.76. The van der Waals surface area contributed by atoms with Crippen molar-refractivity contribution < 1.29 is 4.74 Å². The number of thiophene rings is 1. The van der Waals surface area contributed by atoms with E-state index in [9.17, 15) is 0 Å². The van der Waals surface area contributed by atoms with E-state index < -0.39 is 0 Å². The summed E-state index contributed by atoms with van der Waals surface area (Å²) in [5.41, 5.74) is 0. The second-order valence-corrected chi connectivity index (χ2v) is 5.15. The Morgan fingerprint density at radius 1 is 1.57 bits per heavy atom. The molecule has 0 aromatic carbocycles. The highest BCUT2D eigenvalue weighted by Crippen LogP contribution is 2.17. The van der Waals surface area contributed by atoms with Crippen LogP contribution in [0, 0.1) is 6.92 Å². The summed E-state index contributed by atoms with van der Waals surface area (Å²) >= 11 is 1.91. The molecule has 0 aliphatic carbocycles. The summed E-state index contributed by atoms with van der Waals surface area (Å²) in [6, 6.07) is 5.00. The molecule has 0 saturated carbocycles. The van der Waals surface area contributed by atoms with Crippen LogP contribution < -0.4 is 5.32 Å². The Kier molecular flexibility index (Phi) is 3.56. The normalized spacial score (nSPS) is 22.5. The number of hydrogen-bond donors (Lipinski definition) is 1. The maximum atomic E-state index is 5.42. The maximum absolute atomic E-state index is 5.42. The van der Waals surface area contributed by atoms with E-state index in [1.807, 2.05) is 11.3 Å². The van der Waals surface area contributed by atoms with Crippen LogP contribution in [0.3, 0.4) is 0 Å². The van der Waals surface area contributed by atoms with Gasteiger partial charge >= 0.3 is 0 Å². The lowest BCUT2D eigenvalue weighted by Gasteiger charge is -2.23. The predicted octanol–water partition coefficient (Wildman–Crippen LogP) is 1.98. The molecule has 2 rings (SSSR count). The fourth-order valence-electron chi connectivity index (χ4n) is 1.74. The predicted molar refractivity (Wildman–Crippen MR) is 60.0 cm³/mol. The van der Waals surface area contributed by atoms with Crippen LogP contribution in [-0.2, 0) is 11.2 Å². The Morgan fingerprint density at radius 2 is 2.50 bits per heavy atom. The Hall–Kier alpha value is -0.380. The molecule has 1 aliphatic rings. The SMILES string of the molecule is Cc1ccc(CCC2COCCN2)s1. The van der Waals surface area contributed by atoms with Gasteiger partial charge in [0.25, 0.3) is 0 Å². The smallest absolute Gasteiger partial charge is 0.0620 e. The first-order valence-electron chi connectivity index (χ1n) is 5.21. The standard InChI is InChI=1S/C11H17NOS/c1-9-2-4-11(14-9)5-3-10-8-13-7-6-12-10/h2,4,10,12H,3,5-8H2,1H3. The first kappa shape index (κ1) is 10.1. The Morgan fingerprint density at radius 3 is 3.14 bits per heavy atom. The minimum absolute atomic E-state index is 0.561. The first-order valence-corrected chi connectivity index (χ1v) is 6.03. The highest BCUT2D eigenvalue weighted by molar-refractivity contribution is 7.11. The largest absolute Gasteiger partial charge is 0.379 e. The molecule has 0 amide bonds. The van der Waals surface area contributed by atoms with Crippen molar-refractivity contribution in [2.24, 2.45) is 0 Å². The van der Waals surface area contributed by atoms with Crippen LogP contribution in [0.1, 0.15) is 16.2 Å². The minimum Gasteiger partial charge on any atom is -0.379 e. The van der Waals surface area contributed by atoms with E-state index in [4.69, 9.17) is 4.74 Å². The Bertz CT molecular complexity index is 279. The number of ether oxygens (including phenoxy) is 1. The van der Waals surface area contributed by atoms with Crippen LogP contribution in [0.4, 0.5) is 0 Å². The molecule has 1 aromatic heterocycles. The van der Waals surface area contributed by atoms with Crippen molar-refractivity contribution >= 4 is 11.3 Å². The van der Waals surface area contributed by atoms with Gasteiger partial charge in [-0.2, -0.15) is 0 Å². The van der Waals surface area contributed by atoms with Crippen LogP contribution in [0.15, 0.2) is 12.1 Å². The molecular formula is C11H17NOS. The fraction of sp³-hybridized carbons (Fsp3) is 0.636. The summed E-state index contributed by atoms with van der Waals surface area (Å²) in [7, 11) is 0. The van der Waals surface area contributed by atoms with E-state index in [2.05, 4.69) is 24.4 Å². The van der Waals surface area contributed by atoms with Gasteiger partial charge in [0.1, 0.15) is 0 Å². The molecule has 0 bridgehead atoms. The number of rotatable bonds is 3. The van der Waals surface area contributed by atoms with E-state index in [0.29, 0.717) is 6.04 Å². The van der Waals surface area contributed by atoms with Crippen molar-refractivity contribution in [3.63, 3.8) is 0 Å². The van der Waals surface area contributed by atoms with Gasteiger partial charge < -0.3 is 10.1 Å². The van der Waals surface area contributed by atoms with E-state index in [1.165, 1.54) is 22.6 Å². The van der Waals surface area contributed by atoms with Crippen LogP contribution in [0.25, 0.3) is 0 Å². The van der Waals surface area contributed by atoms with Crippen LogP contribution in [0.5, 0.6) is 0 Å². The molecule has 14 heavy (non-hydrogen) atoms. The molecule has 1 N–H and O–H groups in total. The van der Waals surface area contributed by atoms with E-state index in [-0.39, 0.29) is 0 Å². The molecule has 1 aromatic rings. The lowest BCUT2D eigenvalue weighted by atomic mass is 10.1. The second-order valence-electron chi connectivity index (χ2n) is 3.78. The zero-order valence-electron chi connectivity index (χ0n) is 8.58. The molecule has 1 atom stereocenters. The van der Waals surface area contributed by atoms with Crippen molar-refractivity contribution in [3.8, 4) is 0 Å². The maximum Gasteiger partial charge on any atom is 0.0620 e. The lowest BCUT2D eigenvalue weighted by Crippen LogP contribution is -2.41. The van der Waals surface area contributed by atoms with Crippen LogP contribution in [0.2, 0.25) is 0 Å². The number of morpholine rings is 1. The summed E-state index contributed by atoms with van der Waals surface area (Å²) in [6.07, 6.45) is 2.37. The number of nitrogens with one attached hydrogen (secondary N) is 1. The van der Waals surface area contributed by atoms with Gasteiger partial charge in [-0.1, -0.05) is 0 Å². The third-order valence-corrected chi connectivity index (χ3v) is 3.59. The summed E-state index contributed by atoms with van der Waals surface area (Å²) in [4.78, 5) is 2.91. The zero-order valence-corrected chi connectivity index (χ0v) is 9.40. The van der Waals surface area contributed by atoms with Crippen molar-refractivity contribution in [3.05, 3.63) is 21.9 Å². The summed E-state index contributed by atoms with van der Waals surface area (Å²) in [5.74, 6) is 0. The number of hydrogen-bond acceptors (Lipinski definition) is 3. The van der Waals surface area contributed by atoms with Gasteiger partial charge in [0.2, 0.25) is 0 Å². The molecule has 1 aliphatic heterocycles. The average molecular weight is 211 g/mol. The molecule has 1 unspecified atom stereocenters. The summed E-state index contributed by atoms with van der Waals surface area (Å²) < 4.78 is 5.42. The molecule has 0 spiro atoms. The highest BCUT2D eigenvalue weighted by atomic mass is 32.1. The molecule has 78 valence electrons. The van der Waals surface area contributed by atoms with Crippen molar-refractivity contribution in [1.82, 2.24) is 5.32 Å². The van der Waals surface area contributed by atoms with Gasteiger partial charge in [-0.25, -0.2) is 0 Å². The summed E-state index contributed by atoms with van der Waals surface area (Å²) in [5, 5.41) is 3.48. The minimum atomic E-state index is 0.561. The third-order valence-electron chi connectivity index (χ3n) is 2.53. The first-order chi connectivity index (χ1) is 6.84. The molecular weight excluding hydrogens is 194 g/mol. The summed E-state index contributed by atoms with van der Waals surface area (Å²) in [6.45, 7) is 4.92. The monoisotopic (exact) mass is 211 g/mol. The van der Waals surface area contributed by atoms with Gasteiger partial charge in [0.15, 0.2) is 0 Å². The molecule has 3 heteroatoms. The Labute approximate surface area is 89.3 Å². The van der Waals surface area contributed by atoms with E-state index >= 15 is 0 Å². The number of aryl methyl sites for hydroxylation is 2. The van der Waals surface area contributed by atoms with Gasteiger partial charge in [0, 0.05) is 22.3 Å². The van der Waals surface area contributed by atoms with Gasteiger partial charge in [-0.05, 0) is 31.9 Å². The molecule has 1 saturated heterocycles. The fourth-order valence-corrected chi connectivity index (χ4v) is 2.65. The van der Waals surface area contributed by atoms with Gasteiger partial charge in [-0.3, -0.25) is 0 Å². The molecule has 1 fully saturated rings. The highest BCUT2D eigenvalue weighted by Gasteiger charge is 2.12. The quantitative estimate of drug-likeness (QED) is 0.825. The van der Waals surface area contributed by atoms with Crippen molar-refractivity contribution in [1.29, 1.82) is 0 Å².